The number of nitrogens with one attached hydrogen (secondary N) is 2. The number of alkyl halides is 3. The highest BCUT2D eigenvalue weighted by atomic mass is 19.4. The molecule has 0 bridgehead atoms. The summed E-state index contributed by atoms with van der Waals surface area (Å²) >= 11 is 0. The van der Waals surface area contributed by atoms with Gasteiger partial charge in [-0.25, -0.2) is 0 Å². The lowest BCUT2D eigenvalue weighted by Crippen LogP contribution is -2.17. The summed E-state index contributed by atoms with van der Waals surface area (Å²) in [7, 11) is 0. The van der Waals surface area contributed by atoms with E-state index in [4.69, 9.17) is 0 Å². The van der Waals surface area contributed by atoms with Gasteiger partial charge in [0.05, 0.1) is 0 Å². The third-order valence-corrected chi connectivity index (χ3v) is 2.23. The second kappa shape index (κ2) is 5.03. The van der Waals surface area contributed by atoms with Crippen molar-refractivity contribution in [1.29, 1.82) is 0 Å². The maximum absolute atomic E-state index is 12.0. The van der Waals surface area contributed by atoms with Crippen LogP contribution in [0.1, 0.15) is 5.56 Å². The molecule has 0 fully saturated rings. The molecule has 0 saturated heterocycles. The van der Waals surface area contributed by atoms with Crippen molar-refractivity contribution in [3.63, 3.8) is 0 Å². The minimum absolute atomic E-state index is 0.235. The van der Waals surface area contributed by atoms with Gasteiger partial charge in [-0.1, -0.05) is 6.07 Å². The summed E-state index contributed by atoms with van der Waals surface area (Å²) in [4.78, 5) is 2.90. The molecule has 0 spiro atoms. The molecule has 1 heterocycles. The van der Waals surface area contributed by atoms with Crippen molar-refractivity contribution >= 4 is 5.69 Å². The summed E-state index contributed by atoms with van der Waals surface area (Å²) in [6.45, 7) is 0.527. The largest absolute Gasteiger partial charge is 0.573 e. The fourth-order valence-corrected chi connectivity index (χ4v) is 1.48. The quantitative estimate of drug-likeness (QED) is 0.878. The molecule has 2 aromatic rings. The van der Waals surface area contributed by atoms with Crippen molar-refractivity contribution in [2.75, 3.05) is 5.32 Å². The Kier molecular flexibility index (Phi) is 3.45. The number of ether oxygens (including phenoxy) is 1. The van der Waals surface area contributed by atoms with Crippen LogP contribution in [0.3, 0.4) is 0 Å². The highest BCUT2D eigenvalue weighted by molar-refractivity contribution is 5.48. The van der Waals surface area contributed by atoms with E-state index in [9.17, 15) is 13.2 Å². The molecule has 0 atom stereocenters. The monoisotopic (exact) mass is 256 g/mol. The Morgan fingerprint density at radius 3 is 2.72 bits per heavy atom. The molecule has 0 saturated carbocycles. The van der Waals surface area contributed by atoms with Crippen LogP contribution in [0.5, 0.6) is 5.75 Å². The van der Waals surface area contributed by atoms with E-state index in [0.717, 1.165) is 5.56 Å². The van der Waals surface area contributed by atoms with Crippen LogP contribution in [0.4, 0.5) is 18.9 Å². The van der Waals surface area contributed by atoms with Crippen molar-refractivity contribution in [2.45, 2.75) is 12.9 Å². The molecule has 0 aliphatic carbocycles. The average Bonchev–Trinajstić information content (AvgIpc) is 2.77. The van der Waals surface area contributed by atoms with Gasteiger partial charge in [0.1, 0.15) is 5.75 Å². The maximum Gasteiger partial charge on any atom is 0.573 e. The van der Waals surface area contributed by atoms with Crippen molar-refractivity contribution < 1.29 is 17.9 Å². The van der Waals surface area contributed by atoms with Gasteiger partial charge in [0.25, 0.3) is 0 Å². The zero-order chi connectivity index (χ0) is 13.0. The van der Waals surface area contributed by atoms with Crippen molar-refractivity contribution in [2.24, 2.45) is 0 Å². The third kappa shape index (κ3) is 3.73. The Morgan fingerprint density at radius 2 is 2.06 bits per heavy atom. The molecule has 0 aliphatic heterocycles. The normalized spacial score (nSPS) is 11.3. The van der Waals surface area contributed by atoms with Crippen molar-refractivity contribution in [3.05, 3.63) is 48.3 Å². The summed E-state index contributed by atoms with van der Waals surface area (Å²) in [6, 6.07) is 7.62. The summed E-state index contributed by atoms with van der Waals surface area (Å²) in [5.74, 6) is -0.235. The lowest BCUT2D eigenvalue weighted by atomic mass is 10.3. The number of rotatable bonds is 4. The molecule has 0 radical (unpaired) electrons. The minimum Gasteiger partial charge on any atom is -0.406 e. The summed E-state index contributed by atoms with van der Waals surface area (Å²) in [6.07, 6.45) is -1.08. The smallest absolute Gasteiger partial charge is 0.406 e. The lowest BCUT2D eigenvalue weighted by molar-refractivity contribution is -0.274. The van der Waals surface area contributed by atoms with Crippen LogP contribution in [0, 0.1) is 0 Å². The van der Waals surface area contributed by atoms with Crippen LogP contribution in [0.25, 0.3) is 0 Å². The lowest BCUT2D eigenvalue weighted by Gasteiger charge is -2.10. The first-order valence-electron chi connectivity index (χ1n) is 5.24. The van der Waals surface area contributed by atoms with Crippen molar-refractivity contribution in [1.82, 2.24) is 4.98 Å². The topological polar surface area (TPSA) is 37.0 Å². The van der Waals surface area contributed by atoms with E-state index < -0.39 is 6.36 Å². The van der Waals surface area contributed by atoms with E-state index in [1.54, 1.807) is 12.3 Å². The number of hydrogen-bond acceptors (Lipinski definition) is 2. The summed E-state index contributed by atoms with van der Waals surface area (Å²) in [5, 5.41) is 3.01. The predicted octanol–water partition coefficient (Wildman–Crippen LogP) is 3.53. The van der Waals surface area contributed by atoms with Gasteiger partial charge in [0.2, 0.25) is 0 Å². The zero-order valence-electron chi connectivity index (χ0n) is 9.29. The van der Waals surface area contributed by atoms with Gasteiger partial charge in [-0.05, 0) is 23.8 Å². The van der Waals surface area contributed by atoms with Gasteiger partial charge in [0, 0.05) is 30.7 Å². The molecule has 0 aliphatic rings. The minimum atomic E-state index is -4.67. The molecule has 2 N–H and O–H groups in total. The van der Waals surface area contributed by atoms with E-state index in [2.05, 4.69) is 15.0 Å². The number of benzene rings is 1. The number of H-pyrrole nitrogens is 1. The summed E-state index contributed by atoms with van der Waals surface area (Å²) in [5.41, 5.74) is 1.58. The van der Waals surface area contributed by atoms with Gasteiger partial charge in [0.15, 0.2) is 0 Å². The van der Waals surface area contributed by atoms with Gasteiger partial charge in [-0.2, -0.15) is 0 Å². The Bertz CT molecular complexity index is 494. The Morgan fingerprint density at radius 1 is 1.22 bits per heavy atom. The van der Waals surface area contributed by atoms with Crippen LogP contribution in [-0.2, 0) is 6.54 Å². The SMILES string of the molecule is FC(F)(F)Oc1cccc(NCc2cc[nH]c2)c1. The van der Waals surface area contributed by atoms with E-state index in [1.165, 1.54) is 18.2 Å². The van der Waals surface area contributed by atoms with E-state index in [1.807, 2.05) is 12.3 Å². The standard InChI is InChI=1S/C12H11F3N2O/c13-12(14,15)18-11-3-1-2-10(6-11)17-8-9-4-5-16-7-9/h1-7,16-17H,8H2. The van der Waals surface area contributed by atoms with Gasteiger partial charge < -0.3 is 15.0 Å². The zero-order valence-corrected chi connectivity index (χ0v) is 9.29. The van der Waals surface area contributed by atoms with Crippen LogP contribution in [0.15, 0.2) is 42.7 Å². The highest BCUT2D eigenvalue weighted by Gasteiger charge is 2.31. The first-order chi connectivity index (χ1) is 8.53. The average molecular weight is 256 g/mol. The molecular formula is C12H11F3N2O. The molecule has 18 heavy (non-hydrogen) atoms. The van der Waals surface area contributed by atoms with Gasteiger partial charge in [-0.3, -0.25) is 0 Å². The maximum atomic E-state index is 12.0. The third-order valence-electron chi connectivity index (χ3n) is 2.23. The van der Waals surface area contributed by atoms with Gasteiger partial charge in [-0.15, -0.1) is 13.2 Å². The van der Waals surface area contributed by atoms with Crippen LogP contribution in [0.2, 0.25) is 0 Å². The molecule has 0 amide bonds. The molecule has 0 unspecified atom stereocenters. The molecule has 3 nitrogen and oxygen atoms in total. The Balaban J connectivity index is 1.99. The highest BCUT2D eigenvalue weighted by Crippen LogP contribution is 2.25. The van der Waals surface area contributed by atoms with Crippen LogP contribution in [-0.4, -0.2) is 11.3 Å². The molecule has 6 heteroatoms. The van der Waals surface area contributed by atoms with E-state index in [0.29, 0.717) is 12.2 Å². The first kappa shape index (κ1) is 12.3. The second-order valence-corrected chi connectivity index (χ2v) is 3.65. The molecule has 96 valence electrons. The second-order valence-electron chi connectivity index (χ2n) is 3.65. The van der Waals surface area contributed by atoms with Crippen molar-refractivity contribution in [3.8, 4) is 5.75 Å². The van der Waals surface area contributed by atoms with E-state index >= 15 is 0 Å². The Labute approximate surface area is 102 Å². The number of aromatic amines is 1. The number of hydrogen-bond donors (Lipinski definition) is 2. The predicted molar refractivity (Wildman–Crippen MR) is 61.2 cm³/mol. The summed E-state index contributed by atoms with van der Waals surface area (Å²) < 4.78 is 39.9. The molecular weight excluding hydrogens is 245 g/mol. The first-order valence-corrected chi connectivity index (χ1v) is 5.24. The fourth-order valence-electron chi connectivity index (χ4n) is 1.48. The number of anilines is 1. The van der Waals surface area contributed by atoms with Crippen LogP contribution < -0.4 is 10.1 Å². The Hall–Kier alpha value is -2.11. The van der Waals surface area contributed by atoms with Crippen LogP contribution >= 0.6 is 0 Å². The fraction of sp³-hybridized carbons (Fsp3) is 0.167. The van der Waals surface area contributed by atoms with E-state index in [-0.39, 0.29) is 5.75 Å². The van der Waals surface area contributed by atoms with Gasteiger partial charge >= 0.3 is 6.36 Å². The molecule has 1 aromatic heterocycles. The molecule has 2 rings (SSSR count). The molecule has 1 aromatic carbocycles. The number of aromatic nitrogens is 1. The number of halogens is 3.